The van der Waals surface area contributed by atoms with Crippen molar-refractivity contribution in [3.8, 4) is 5.75 Å². The fourth-order valence-electron chi connectivity index (χ4n) is 1.98. The number of aromatic nitrogens is 1. The van der Waals surface area contributed by atoms with Crippen LogP contribution in [0.4, 0.5) is 11.4 Å². The van der Waals surface area contributed by atoms with Gasteiger partial charge in [0.1, 0.15) is 11.4 Å². The number of rotatable bonds is 8. The van der Waals surface area contributed by atoms with Crippen LogP contribution in [0.3, 0.4) is 0 Å². The summed E-state index contributed by atoms with van der Waals surface area (Å²) in [6.45, 7) is 1.47. The summed E-state index contributed by atoms with van der Waals surface area (Å²) in [7, 11) is 3.27. The standard InChI is InChI=1S/C17H21N3O3/c1-22-11-3-9-18-14-8-10-19-16(12-14)17(21)20-13-4-6-15(23-2)7-5-13/h4-8,10,12H,3,9,11H2,1-2H3,(H,18,19)(H,20,21). The Labute approximate surface area is 135 Å². The predicted octanol–water partition coefficient (Wildman–Crippen LogP) is 2.79. The van der Waals surface area contributed by atoms with Crippen molar-refractivity contribution in [2.45, 2.75) is 6.42 Å². The van der Waals surface area contributed by atoms with E-state index in [4.69, 9.17) is 9.47 Å². The Morgan fingerprint density at radius 1 is 1.13 bits per heavy atom. The molecule has 6 nitrogen and oxygen atoms in total. The first-order chi connectivity index (χ1) is 11.2. The lowest BCUT2D eigenvalue weighted by atomic mass is 10.2. The molecule has 23 heavy (non-hydrogen) atoms. The highest BCUT2D eigenvalue weighted by atomic mass is 16.5. The highest BCUT2D eigenvalue weighted by Gasteiger charge is 2.08. The van der Waals surface area contributed by atoms with Gasteiger partial charge in [-0.05, 0) is 42.8 Å². The zero-order chi connectivity index (χ0) is 16.5. The molecule has 0 unspecified atom stereocenters. The van der Waals surface area contributed by atoms with Crippen LogP contribution in [0.5, 0.6) is 5.75 Å². The smallest absolute Gasteiger partial charge is 0.274 e. The lowest BCUT2D eigenvalue weighted by Crippen LogP contribution is -2.14. The van der Waals surface area contributed by atoms with Crippen LogP contribution in [0.1, 0.15) is 16.9 Å². The van der Waals surface area contributed by atoms with E-state index in [1.54, 1.807) is 50.7 Å². The molecule has 0 saturated carbocycles. The third-order valence-corrected chi connectivity index (χ3v) is 3.19. The second-order valence-corrected chi connectivity index (χ2v) is 4.89. The SMILES string of the molecule is COCCCNc1ccnc(C(=O)Nc2ccc(OC)cc2)c1. The van der Waals surface area contributed by atoms with E-state index < -0.39 is 0 Å². The maximum Gasteiger partial charge on any atom is 0.274 e. The van der Waals surface area contributed by atoms with Gasteiger partial charge in [-0.2, -0.15) is 0 Å². The lowest BCUT2D eigenvalue weighted by Gasteiger charge is -2.09. The Hall–Kier alpha value is -2.60. The minimum atomic E-state index is -0.254. The molecule has 0 aliphatic rings. The van der Waals surface area contributed by atoms with Crippen molar-refractivity contribution in [2.75, 3.05) is 38.0 Å². The maximum absolute atomic E-state index is 12.2. The van der Waals surface area contributed by atoms with Crippen LogP contribution in [-0.4, -0.2) is 38.3 Å². The fraction of sp³-hybridized carbons (Fsp3) is 0.294. The van der Waals surface area contributed by atoms with E-state index in [2.05, 4.69) is 15.6 Å². The number of methoxy groups -OCH3 is 2. The molecule has 2 rings (SSSR count). The molecule has 1 amide bonds. The van der Waals surface area contributed by atoms with Gasteiger partial charge in [-0.15, -0.1) is 0 Å². The molecule has 0 aliphatic heterocycles. The lowest BCUT2D eigenvalue weighted by molar-refractivity contribution is 0.102. The average molecular weight is 315 g/mol. The Balaban J connectivity index is 1.95. The number of ether oxygens (including phenoxy) is 2. The summed E-state index contributed by atoms with van der Waals surface area (Å²) in [5, 5.41) is 6.05. The molecule has 0 radical (unpaired) electrons. The molecule has 0 saturated heterocycles. The molecule has 0 bridgehead atoms. The fourth-order valence-corrected chi connectivity index (χ4v) is 1.98. The summed E-state index contributed by atoms with van der Waals surface area (Å²) >= 11 is 0. The zero-order valence-electron chi connectivity index (χ0n) is 13.3. The minimum Gasteiger partial charge on any atom is -0.497 e. The molecule has 0 aliphatic carbocycles. The van der Waals surface area contributed by atoms with E-state index in [9.17, 15) is 4.79 Å². The number of hydrogen-bond acceptors (Lipinski definition) is 5. The Morgan fingerprint density at radius 3 is 2.61 bits per heavy atom. The Bertz CT molecular complexity index is 629. The predicted molar refractivity (Wildman–Crippen MR) is 90.2 cm³/mol. The third kappa shape index (κ3) is 5.27. The molecule has 2 N–H and O–H groups in total. The molecular weight excluding hydrogens is 294 g/mol. The van der Waals surface area contributed by atoms with E-state index in [0.717, 1.165) is 24.4 Å². The normalized spacial score (nSPS) is 10.2. The number of carbonyl (C=O) groups excluding carboxylic acids is 1. The molecule has 0 spiro atoms. The number of pyridine rings is 1. The van der Waals surface area contributed by atoms with Crippen molar-refractivity contribution in [3.05, 3.63) is 48.3 Å². The quantitative estimate of drug-likeness (QED) is 0.733. The second-order valence-electron chi connectivity index (χ2n) is 4.89. The van der Waals surface area contributed by atoms with Gasteiger partial charge in [-0.3, -0.25) is 9.78 Å². The average Bonchev–Trinajstić information content (AvgIpc) is 2.60. The third-order valence-electron chi connectivity index (χ3n) is 3.19. The van der Waals surface area contributed by atoms with Gasteiger partial charge in [-0.25, -0.2) is 0 Å². The van der Waals surface area contributed by atoms with Crippen LogP contribution in [0, 0.1) is 0 Å². The topological polar surface area (TPSA) is 72.5 Å². The van der Waals surface area contributed by atoms with Crippen molar-refractivity contribution in [2.24, 2.45) is 0 Å². The van der Waals surface area contributed by atoms with Crippen molar-refractivity contribution < 1.29 is 14.3 Å². The van der Waals surface area contributed by atoms with Crippen molar-refractivity contribution in [1.29, 1.82) is 0 Å². The summed E-state index contributed by atoms with van der Waals surface area (Å²) in [5.74, 6) is 0.485. The first kappa shape index (κ1) is 16.8. The van der Waals surface area contributed by atoms with Gasteiger partial charge in [0.25, 0.3) is 5.91 Å². The molecule has 6 heteroatoms. The Morgan fingerprint density at radius 2 is 1.91 bits per heavy atom. The van der Waals surface area contributed by atoms with Gasteiger partial charge in [0.2, 0.25) is 0 Å². The van der Waals surface area contributed by atoms with Crippen LogP contribution in [0.25, 0.3) is 0 Å². The number of benzene rings is 1. The molecule has 1 aromatic carbocycles. The highest BCUT2D eigenvalue weighted by Crippen LogP contribution is 2.16. The van der Waals surface area contributed by atoms with Gasteiger partial charge < -0.3 is 20.1 Å². The second kappa shape index (κ2) is 8.75. The minimum absolute atomic E-state index is 0.254. The summed E-state index contributed by atoms with van der Waals surface area (Å²) in [5.41, 5.74) is 1.91. The summed E-state index contributed by atoms with van der Waals surface area (Å²) in [4.78, 5) is 16.4. The van der Waals surface area contributed by atoms with E-state index in [-0.39, 0.29) is 5.91 Å². The van der Waals surface area contributed by atoms with Gasteiger partial charge in [0.05, 0.1) is 7.11 Å². The molecule has 2 aromatic rings. The van der Waals surface area contributed by atoms with Crippen LogP contribution >= 0.6 is 0 Å². The van der Waals surface area contributed by atoms with Crippen LogP contribution in [0.2, 0.25) is 0 Å². The number of hydrogen-bond donors (Lipinski definition) is 2. The summed E-state index contributed by atoms with van der Waals surface area (Å²) in [6.07, 6.45) is 2.51. The summed E-state index contributed by atoms with van der Waals surface area (Å²) < 4.78 is 10.1. The number of anilines is 2. The highest BCUT2D eigenvalue weighted by molar-refractivity contribution is 6.03. The maximum atomic E-state index is 12.2. The molecule has 1 aromatic heterocycles. The molecule has 1 heterocycles. The van der Waals surface area contributed by atoms with Gasteiger partial charge in [0, 0.05) is 37.8 Å². The number of amides is 1. The van der Waals surface area contributed by atoms with E-state index >= 15 is 0 Å². The van der Waals surface area contributed by atoms with E-state index in [0.29, 0.717) is 18.0 Å². The van der Waals surface area contributed by atoms with Crippen LogP contribution in [-0.2, 0) is 4.74 Å². The monoisotopic (exact) mass is 315 g/mol. The van der Waals surface area contributed by atoms with E-state index in [1.165, 1.54) is 0 Å². The van der Waals surface area contributed by atoms with Crippen LogP contribution < -0.4 is 15.4 Å². The zero-order valence-corrected chi connectivity index (χ0v) is 13.3. The van der Waals surface area contributed by atoms with Gasteiger partial charge in [0.15, 0.2) is 0 Å². The van der Waals surface area contributed by atoms with Gasteiger partial charge >= 0.3 is 0 Å². The van der Waals surface area contributed by atoms with Crippen molar-refractivity contribution in [1.82, 2.24) is 4.98 Å². The van der Waals surface area contributed by atoms with Crippen LogP contribution in [0.15, 0.2) is 42.6 Å². The molecule has 0 atom stereocenters. The Kier molecular flexibility index (Phi) is 6.38. The molecular formula is C17H21N3O3. The largest absolute Gasteiger partial charge is 0.497 e. The van der Waals surface area contributed by atoms with E-state index in [1.807, 2.05) is 6.07 Å². The van der Waals surface area contributed by atoms with Crippen molar-refractivity contribution >= 4 is 17.3 Å². The van der Waals surface area contributed by atoms with Gasteiger partial charge in [-0.1, -0.05) is 0 Å². The molecule has 122 valence electrons. The first-order valence-corrected chi connectivity index (χ1v) is 7.37. The van der Waals surface area contributed by atoms with Crippen molar-refractivity contribution in [3.63, 3.8) is 0 Å². The number of nitrogens with one attached hydrogen (secondary N) is 2. The number of nitrogens with zero attached hydrogens (tertiary/aromatic N) is 1. The first-order valence-electron chi connectivity index (χ1n) is 7.37. The molecule has 0 fully saturated rings. The summed E-state index contributed by atoms with van der Waals surface area (Å²) in [6, 6.07) is 10.7. The number of carbonyl (C=O) groups is 1.